The second-order valence-corrected chi connectivity index (χ2v) is 9.04. The Morgan fingerprint density at radius 2 is 2.24 bits per heavy atom. The molecule has 1 N–H and O–H groups in total. The summed E-state index contributed by atoms with van der Waals surface area (Å²) >= 11 is 4.80. The molecular formula is C20H20BrN3O4S. The fraction of sp³-hybridized carbons (Fsp3) is 0.400. The fourth-order valence-electron chi connectivity index (χ4n) is 3.74. The molecule has 2 aromatic rings. The minimum absolute atomic E-state index is 0.0766. The number of halogens is 1. The van der Waals surface area contributed by atoms with Gasteiger partial charge in [-0.15, -0.1) is 11.3 Å². The molecule has 1 aromatic carbocycles. The van der Waals surface area contributed by atoms with Gasteiger partial charge in [0.1, 0.15) is 5.92 Å². The summed E-state index contributed by atoms with van der Waals surface area (Å²) in [6.45, 7) is 2.45. The van der Waals surface area contributed by atoms with E-state index < -0.39 is 5.92 Å². The number of hydrogen-bond donors (Lipinski definition) is 1. The second kappa shape index (κ2) is 8.23. The van der Waals surface area contributed by atoms with Gasteiger partial charge in [0, 0.05) is 28.0 Å². The minimum Gasteiger partial charge on any atom is -0.465 e. The van der Waals surface area contributed by atoms with Crippen LogP contribution >= 0.6 is 27.3 Å². The maximum Gasteiger partial charge on any atom is 0.315 e. The molecular weight excluding hydrogens is 458 g/mol. The molecule has 0 saturated carbocycles. The lowest BCUT2D eigenvalue weighted by atomic mass is 10.1. The zero-order valence-electron chi connectivity index (χ0n) is 15.8. The van der Waals surface area contributed by atoms with Crippen LogP contribution in [0, 0.1) is 5.92 Å². The number of carbonyl (C=O) groups excluding carboxylic acids is 3. The molecule has 152 valence electrons. The van der Waals surface area contributed by atoms with E-state index in [0.717, 1.165) is 21.5 Å². The molecule has 1 aliphatic carbocycles. The fourth-order valence-corrected chi connectivity index (χ4v) is 5.17. The molecule has 29 heavy (non-hydrogen) atoms. The van der Waals surface area contributed by atoms with E-state index >= 15 is 0 Å². The lowest BCUT2D eigenvalue weighted by molar-refractivity contribution is -0.145. The van der Waals surface area contributed by atoms with E-state index in [1.54, 1.807) is 11.8 Å². The Morgan fingerprint density at radius 3 is 3.00 bits per heavy atom. The van der Waals surface area contributed by atoms with Gasteiger partial charge < -0.3 is 15.0 Å². The quantitative estimate of drug-likeness (QED) is 0.665. The number of anilines is 2. The first kappa shape index (κ1) is 20.0. The number of nitrogens with zero attached hydrogens (tertiary/aromatic N) is 2. The van der Waals surface area contributed by atoms with Crippen molar-refractivity contribution in [2.24, 2.45) is 5.92 Å². The van der Waals surface area contributed by atoms with Crippen molar-refractivity contribution in [2.45, 2.75) is 32.1 Å². The summed E-state index contributed by atoms with van der Waals surface area (Å²) in [6.07, 6.45) is 1.61. The van der Waals surface area contributed by atoms with E-state index in [-0.39, 0.29) is 30.1 Å². The number of aryl methyl sites for hydroxylation is 1. The van der Waals surface area contributed by atoms with Crippen molar-refractivity contribution in [2.75, 3.05) is 23.4 Å². The van der Waals surface area contributed by atoms with E-state index in [9.17, 15) is 14.4 Å². The van der Waals surface area contributed by atoms with Gasteiger partial charge in [0.15, 0.2) is 5.13 Å². The summed E-state index contributed by atoms with van der Waals surface area (Å²) in [7, 11) is 0. The van der Waals surface area contributed by atoms with Gasteiger partial charge in [0.2, 0.25) is 11.8 Å². The zero-order chi connectivity index (χ0) is 20.5. The summed E-state index contributed by atoms with van der Waals surface area (Å²) in [5.74, 6) is -1.36. The molecule has 1 saturated heterocycles. The van der Waals surface area contributed by atoms with Crippen LogP contribution in [0.15, 0.2) is 28.7 Å². The molecule has 0 bridgehead atoms. The normalized spacial score (nSPS) is 20.6. The number of ether oxygens (including phenoxy) is 1. The monoisotopic (exact) mass is 477 g/mol. The van der Waals surface area contributed by atoms with Crippen molar-refractivity contribution in [3.63, 3.8) is 0 Å². The summed E-state index contributed by atoms with van der Waals surface area (Å²) < 4.78 is 6.00. The third-order valence-corrected chi connectivity index (χ3v) is 6.67. The highest BCUT2D eigenvalue weighted by molar-refractivity contribution is 9.10. The Kier molecular flexibility index (Phi) is 5.69. The molecule has 1 fully saturated rings. The SMILES string of the molecule is CCOC(=O)[C@@H]1CCc2sc(NC(=O)[C@H]3CC(=O)N(c4cccc(Br)c4)C3)nc21. The van der Waals surface area contributed by atoms with Gasteiger partial charge in [-0.25, -0.2) is 4.98 Å². The van der Waals surface area contributed by atoms with E-state index in [1.165, 1.54) is 11.3 Å². The average Bonchev–Trinajstić information content (AvgIpc) is 3.35. The van der Waals surface area contributed by atoms with Crippen LogP contribution in [0.2, 0.25) is 0 Å². The van der Waals surface area contributed by atoms with Crippen LogP contribution < -0.4 is 10.2 Å². The van der Waals surface area contributed by atoms with Crippen molar-refractivity contribution < 1.29 is 19.1 Å². The van der Waals surface area contributed by atoms with Gasteiger partial charge in [0.25, 0.3) is 0 Å². The number of nitrogens with one attached hydrogen (secondary N) is 1. The molecule has 2 amide bonds. The van der Waals surface area contributed by atoms with Gasteiger partial charge in [0.05, 0.1) is 18.2 Å². The maximum absolute atomic E-state index is 12.7. The zero-order valence-corrected chi connectivity index (χ0v) is 18.2. The number of benzene rings is 1. The summed E-state index contributed by atoms with van der Waals surface area (Å²) in [5, 5.41) is 3.31. The molecule has 1 aromatic heterocycles. The van der Waals surface area contributed by atoms with Crippen LogP contribution in [0.25, 0.3) is 0 Å². The third-order valence-electron chi connectivity index (χ3n) is 5.13. The summed E-state index contributed by atoms with van der Waals surface area (Å²) in [4.78, 5) is 44.3. The number of hydrogen-bond acceptors (Lipinski definition) is 6. The second-order valence-electron chi connectivity index (χ2n) is 7.05. The molecule has 9 heteroatoms. The third kappa shape index (κ3) is 4.06. The molecule has 4 rings (SSSR count). The van der Waals surface area contributed by atoms with E-state index in [2.05, 4.69) is 26.2 Å². The van der Waals surface area contributed by atoms with Crippen molar-refractivity contribution in [1.29, 1.82) is 0 Å². The lowest BCUT2D eigenvalue weighted by Crippen LogP contribution is -2.28. The highest BCUT2D eigenvalue weighted by atomic mass is 79.9. The van der Waals surface area contributed by atoms with Crippen LogP contribution in [-0.4, -0.2) is 35.9 Å². The van der Waals surface area contributed by atoms with Crippen molar-refractivity contribution in [3.05, 3.63) is 39.3 Å². The molecule has 0 radical (unpaired) electrons. The Labute approximate surface area is 180 Å². The molecule has 7 nitrogen and oxygen atoms in total. The highest BCUT2D eigenvalue weighted by Crippen LogP contribution is 2.39. The van der Waals surface area contributed by atoms with Crippen molar-refractivity contribution in [1.82, 2.24) is 4.98 Å². The minimum atomic E-state index is -0.443. The van der Waals surface area contributed by atoms with E-state index in [1.807, 2.05) is 24.3 Å². The number of fused-ring (bicyclic) bond motifs is 1. The van der Waals surface area contributed by atoms with Crippen LogP contribution in [0.5, 0.6) is 0 Å². The van der Waals surface area contributed by atoms with Crippen LogP contribution in [0.1, 0.15) is 36.3 Å². The molecule has 0 unspecified atom stereocenters. The number of rotatable bonds is 5. The number of carbonyl (C=O) groups is 3. The summed E-state index contributed by atoms with van der Waals surface area (Å²) in [5.41, 5.74) is 1.48. The van der Waals surface area contributed by atoms with Gasteiger partial charge in [-0.05, 0) is 38.0 Å². The predicted octanol–water partition coefficient (Wildman–Crippen LogP) is 3.49. The van der Waals surface area contributed by atoms with Crippen molar-refractivity contribution >= 4 is 55.9 Å². The first-order valence-corrected chi connectivity index (χ1v) is 11.1. The Morgan fingerprint density at radius 1 is 1.41 bits per heavy atom. The number of amides is 2. The summed E-state index contributed by atoms with van der Waals surface area (Å²) in [6, 6.07) is 7.46. The molecule has 2 heterocycles. The number of esters is 1. The standard InChI is InChI=1S/C20H20BrN3O4S/c1-2-28-19(27)14-6-7-15-17(14)22-20(29-15)23-18(26)11-8-16(25)24(10-11)13-5-3-4-12(21)9-13/h3-5,9,11,14H,2,6-8,10H2,1H3,(H,22,23,26)/t11-,14+/m0/s1. The smallest absolute Gasteiger partial charge is 0.315 e. The molecule has 2 atom stereocenters. The maximum atomic E-state index is 12.7. The highest BCUT2D eigenvalue weighted by Gasteiger charge is 2.37. The Balaban J connectivity index is 1.42. The van der Waals surface area contributed by atoms with Gasteiger partial charge in [-0.1, -0.05) is 22.0 Å². The average molecular weight is 478 g/mol. The van der Waals surface area contributed by atoms with Crippen LogP contribution in [-0.2, 0) is 25.5 Å². The molecule has 1 aliphatic heterocycles. The predicted molar refractivity (Wildman–Crippen MR) is 113 cm³/mol. The number of aromatic nitrogens is 1. The first-order valence-electron chi connectivity index (χ1n) is 9.49. The lowest BCUT2D eigenvalue weighted by Gasteiger charge is -2.16. The van der Waals surface area contributed by atoms with Crippen molar-refractivity contribution in [3.8, 4) is 0 Å². The van der Waals surface area contributed by atoms with Gasteiger partial charge in [-0.2, -0.15) is 0 Å². The van der Waals surface area contributed by atoms with Crippen LogP contribution in [0.3, 0.4) is 0 Å². The first-order chi connectivity index (χ1) is 14.0. The largest absolute Gasteiger partial charge is 0.465 e. The number of thiazole rings is 1. The van der Waals surface area contributed by atoms with E-state index in [4.69, 9.17) is 4.74 Å². The van der Waals surface area contributed by atoms with Crippen LogP contribution in [0.4, 0.5) is 10.8 Å². The van der Waals surface area contributed by atoms with Gasteiger partial charge >= 0.3 is 5.97 Å². The Bertz CT molecular complexity index is 976. The molecule has 2 aliphatic rings. The van der Waals surface area contributed by atoms with E-state index in [0.29, 0.717) is 30.4 Å². The topological polar surface area (TPSA) is 88.6 Å². The molecule has 0 spiro atoms. The Hall–Kier alpha value is -2.26. The van der Waals surface area contributed by atoms with Gasteiger partial charge in [-0.3, -0.25) is 14.4 Å².